The molecule has 1 aliphatic rings. The topological polar surface area (TPSA) is 69.7 Å². The Kier molecular flexibility index (Phi) is 7.96. The van der Waals surface area contributed by atoms with Crippen LogP contribution >= 0.6 is 0 Å². The highest BCUT2D eigenvalue weighted by Crippen LogP contribution is 2.23. The van der Waals surface area contributed by atoms with E-state index in [4.69, 9.17) is 0 Å². The van der Waals surface area contributed by atoms with Crippen molar-refractivity contribution in [1.82, 2.24) is 15.1 Å². The maximum absolute atomic E-state index is 13.1. The number of amides is 3. The number of hydrogen-bond donors (Lipinski definition) is 1. The van der Waals surface area contributed by atoms with Crippen LogP contribution in [-0.2, 0) is 9.59 Å². The number of rotatable bonds is 7. The first-order valence-corrected chi connectivity index (χ1v) is 10.0. The Hall–Kier alpha value is -2.44. The summed E-state index contributed by atoms with van der Waals surface area (Å²) in [6.07, 6.45) is 1.79. The molecule has 0 radical (unpaired) electrons. The molecule has 1 aromatic carbocycles. The SMILES string of the molecule is CCC(=O)N1CCC([C@H](NC(=O)c2ccc(F)cc2)C(=O)N(CC)CC)CC1. The lowest BCUT2D eigenvalue weighted by Gasteiger charge is -2.37. The Bertz CT molecular complexity index is 681. The van der Waals surface area contributed by atoms with Crippen LogP contribution in [0.15, 0.2) is 24.3 Å². The predicted molar refractivity (Wildman–Crippen MR) is 105 cm³/mol. The standard InChI is InChI=1S/C21H30FN3O3/c1-4-18(26)25-13-11-15(12-14-25)19(21(28)24(5-2)6-3)23-20(27)16-7-9-17(22)10-8-16/h7-10,15,19H,4-6,11-14H2,1-3H3,(H,23,27)/t19-/m0/s1. The summed E-state index contributed by atoms with van der Waals surface area (Å²) in [7, 11) is 0. The van der Waals surface area contributed by atoms with Gasteiger partial charge in [-0.25, -0.2) is 4.39 Å². The average molecular weight is 391 g/mol. The molecule has 1 atom stereocenters. The zero-order chi connectivity index (χ0) is 20.7. The highest BCUT2D eigenvalue weighted by Gasteiger charge is 2.35. The van der Waals surface area contributed by atoms with Crippen LogP contribution in [0.2, 0.25) is 0 Å². The van der Waals surface area contributed by atoms with Crippen molar-refractivity contribution in [3.05, 3.63) is 35.6 Å². The fraction of sp³-hybridized carbons (Fsp3) is 0.571. The van der Waals surface area contributed by atoms with Crippen LogP contribution in [0.5, 0.6) is 0 Å². The van der Waals surface area contributed by atoms with E-state index >= 15 is 0 Å². The molecule has 6 nitrogen and oxygen atoms in total. The van der Waals surface area contributed by atoms with E-state index in [1.54, 1.807) is 4.90 Å². The Balaban J connectivity index is 2.15. The molecule has 0 unspecified atom stereocenters. The smallest absolute Gasteiger partial charge is 0.251 e. The van der Waals surface area contributed by atoms with Gasteiger partial charge in [0.1, 0.15) is 11.9 Å². The number of benzene rings is 1. The highest BCUT2D eigenvalue weighted by atomic mass is 19.1. The van der Waals surface area contributed by atoms with Crippen molar-refractivity contribution < 1.29 is 18.8 Å². The van der Waals surface area contributed by atoms with Crippen LogP contribution in [0, 0.1) is 11.7 Å². The molecule has 1 saturated heterocycles. The minimum absolute atomic E-state index is 0.0431. The van der Waals surface area contributed by atoms with Crippen molar-refractivity contribution >= 4 is 17.7 Å². The van der Waals surface area contributed by atoms with Gasteiger partial charge in [-0.15, -0.1) is 0 Å². The van der Waals surface area contributed by atoms with Crippen molar-refractivity contribution in [2.24, 2.45) is 5.92 Å². The second kappa shape index (κ2) is 10.2. The zero-order valence-electron chi connectivity index (χ0n) is 16.9. The van der Waals surface area contributed by atoms with Gasteiger partial charge in [0.15, 0.2) is 0 Å². The van der Waals surface area contributed by atoms with Crippen molar-refractivity contribution in [3.8, 4) is 0 Å². The van der Waals surface area contributed by atoms with Crippen LogP contribution in [-0.4, -0.2) is 59.7 Å². The lowest BCUT2D eigenvalue weighted by atomic mass is 9.88. The molecule has 154 valence electrons. The molecule has 28 heavy (non-hydrogen) atoms. The van der Waals surface area contributed by atoms with E-state index in [1.807, 2.05) is 25.7 Å². The van der Waals surface area contributed by atoms with Gasteiger partial charge in [0, 0.05) is 38.2 Å². The van der Waals surface area contributed by atoms with Crippen molar-refractivity contribution in [3.63, 3.8) is 0 Å². The molecule has 1 N–H and O–H groups in total. The molecule has 0 aliphatic carbocycles. The molecule has 1 fully saturated rings. The van der Waals surface area contributed by atoms with Crippen LogP contribution in [0.4, 0.5) is 4.39 Å². The first kappa shape index (κ1) is 21.9. The normalized spacial score (nSPS) is 15.8. The number of piperidine rings is 1. The third-order valence-corrected chi connectivity index (χ3v) is 5.40. The van der Waals surface area contributed by atoms with Crippen molar-refractivity contribution in [2.45, 2.75) is 46.1 Å². The van der Waals surface area contributed by atoms with Gasteiger partial charge in [0.05, 0.1) is 0 Å². The molecule has 3 amide bonds. The molecule has 0 aromatic heterocycles. The molecule has 1 heterocycles. The van der Waals surface area contributed by atoms with Crippen molar-refractivity contribution in [2.75, 3.05) is 26.2 Å². The number of nitrogens with one attached hydrogen (secondary N) is 1. The lowest BCUT2D eigenvalue weighted by molar-refractivity contribution is -0.135. The van der Waals surface area contributed by atoms with Gasteiger partial charge in [-0.05, 0) is 56.9 Å². The van der Waals surface area contributed by atoms with Gasteiger partial charge < -0.3 is 15.1 Å². The maximum atomic E-state index is 13.1. The van der Waals surface area contributed by atoms with Gasteiger partial charge in [-0.1, -0.05) is 6.92 Å². The van der Waals surface area contributed by atoms with Gasteiger partial charge in [-0.2, -0.15) is 0 Å². The second-order valence-corrected chi connectivity index (χ2v) is 7.04. The number of halogens is 1. The molecule has 2 rings (SSSR count). The van der Waals surface area contributed by atoms with E-state index in [1.165, 1.54) is 24.3 Å². The summed E-state index contributed by atoms with van der Waals surface area (Å²) in [5.41, 5.74) is 0.317. The van der Waals surface area contributed by atoms with E-state index in [0.29, 0.717) is 51.0 Å². The van der Waals surface area contributed by atoms with Gasteiger partial charge in [0.25, 0.3) is 5.91 Å². The minimum atomic E-state index is -0.656. The number of nitrogens with zero attached hydrogens (tertiary/aromatic N) is 2. The summed E-state index contributed by atoms with van der Waals surface area (Å²) in [6.45, 7) is 7.95. The number of carbonyl (C=O) groups is 3. The molecular weight excluding hydrogens is 361 g/mol. The molecular formula is C21H30FN3O3. The summed E-state index contributed by atoms with van der Waals surface area (Å²) in [5, 5.41) is 2.87. The zero-order valence-corrected chi connectivity index (χ0v) is 16.9. The Morgan fingerprint density at radius 3 is 2.18 bits per heavy atom. The van der Waals surface area contributed by atoms with Crippen LogP contribution < -0.4 is 5.32 Å². The van der Waals surface area contributed by atoms with E-state index < -0.39 is 17.8 Å². The Morgan fingerprint density at radius 1 is 1.11 bits per heavy atom. The largest absolute Gasteiger partial charge is 0.343 e. The Morgan fingerprint density at radius 2 is 1.68 bits per heavy atom. The Labute approximate surface area is 166 Å². The maximum Gasteiger partial charge on any atom is 0.251 e. The fourth-order valence-corrected chi connectivity index (χ4v) is 3.64. The van der Waals surface area contributed by atoms with E-state index in [9.17, 15) is 18.8 Å². The third-order valence-electron chi connectivity index (χ3n) is 5.40. The second-order valence-electron chi connectivity index (χ2n) is 7.04. The quantitative estimate of drug-likeness (QED) is 0.776. The molecule has 0 spiro atoms. The third kappa shape index (κ3) is 5.30. The van der Waals surface area contributed by atoms with Gasteiger partial charge >= 0.3 is 0 Å². The molecule has 0 saturated carbocycles. The number of likely N-dealkylation sites (N-methyl/N-ethyl adjacent to an activating group) is 1. The number of carbonyl (C=O) groups excluding carboxylic acids is 3. The summed E-state index contributed by atoms with van der Waals surface area (Å²) < 4.78 is 13.1. The molecule has 1 aliphatic heterocycles. The van der Waals surface area contributed by atoms with Gasteiger partial charge in [0.2, 0.25) is 11.8 Å². The molecule has 1 aromatic rings. The van der Waals surface area contributed by atoms with Crippen LogP contribution in [0.25, 0.3) is 0 Å². The summed E-state index contributed by atoms with van der Waals surface area (Å²) >= 11 is 0. The highest BCUT2D eigenvalue weighted by molar-refractivity contribution is 5.97. The van der Waals surface area contributed by atoms with Crippen molar-refractivity contribution in [1.29, 1.82) is 0 Å². The van der Waals surface area contributed by atoms with E-state index in [2.05, 4.69) is 5.32 Å². The molecule has 7 heteroatoms. The summed E-state index contributed by atoms with van der Waals surface area (Å²) in [4.78, 5) is 41.2. The average Bonchev–Trinajstić information content (AvgIpc) is 2.72. The molecule has 0 bridgehead atoms. The van der Waals surface area contributed by atoms with Crippen LogP contribution in [0.1, 0.15) is 50.4 Å². The monoisotopic (exact) mass is 391 g/mol. The predicted octanol–water partition coefficient (Wildman–Crippen LogP) is 2.44. The van der Waals surface area contributed by atoms with E-state index in [0.717, 1.165) is 0 Å². The van der Waals surface area contributed by atoms with E-state index in [-0.39, 0.29) is 17.7 Å². The van der Waals surface area contributed by atoms with Crippen LogP contribution in [0.3, 0.4) is 0 Å². The number of hydrogen-bond acceptors (Lipinski definition) is 3. The summed E-state index contributed by atoms with van der Waals surface area (Å²) in [5.74, 6) is -0.850. The first-order chi connectivity index (χ1) is 13.4. The number of likely N-dealkylation sites (tertiary alicyclic amines) is 1. The summed E-state index contributed by atoms with van der Waals surface area (Å²) in [6, 6.07) is 4.62. The first-order valence-electron chi connectivity index (χ1n) is 10.0. The van der Waals surface area contributed by atoms with Gasteiger partial charge in [-0.3, -0.25) is 14.4 Å². The fourth-order valence-electron chi connectivity index (χ4n) is 3.64. The minimum Gasteiger partial charge on any atom is -0.343 e. The lowest BCUT2D eigenvalue weighted by Crippen LogP contribution is -2.54.